The lowest BCUT2D eigenvalue weighted by molar-refractivity contribution is 0.228. The van der Waals surface area contributed by atoms with Gasteiger partial charge in [0.25, 0.3) is 0 Å². The van der Waals surface area contributed by atoms with Crippen LogP contribution in [0.1, 0.15) is 53.4 Å². The van der Waals surface area contributed by atoms with Crippen LogP contribution >= 0.6 is 0 Å². The SMILES string of the molecule is CC(C)[C@H]1COC([C@@H]2CCCC[C@H]2C2=N[C@@H](C(C)C)CO2)=N1. The molecule has 0 aromatic rings. The van der Waals surface area contributed by atoms with Crippen molar-refractivity contribution in [2.24, 2.45) is 33.7 Å². The Hall–Kier alpha value is -1.06. The minimum atomic E-state index is 0.326. The highest BCUT2D eigenvalue weighted by Crippen LogP contribution is 2.36. The van der Waals surface area contributed by atoms with Gasteiger partial charge >= 0.3 is 0 Å². The summed E-state index contributed by atoms with van der Waals surface area (Å²) >= 11 is 0. The summed E-state index contributed by atoms with van der Waals surface area (Å²) in [6.07, 6.45) is 4.83. The number of rotatable bonds is 4. The van der Waals surface area contributed by atoms with Gasteiger partial charge in [0, 0.05) is 11.8 Å². The molecule has 1 saturated carbocycles. The van der Waals surface area contributed by atoms with E-state index in [1.165, 1.54) is 12.8 Å². The predicted octanol–water partition coefficient (Wildman–Crippen LogP) is 3.70. The van der Waals surface area contributed by atoms with Gasteiger partial charge < -0.3 is 9.47 Å². The number of nitrogens with zero attached hydrogens (tertiary/aromatic N) is 2. The summed E-state index contributed by atoms with van der Waals surface area (Å²) in [7, 11) is 0. The summed E-state index contributed by atoms with van der Waals surface area (Å²) in [5, 5.41) is 0. The van der Waals surface area contributed by atoms with Gasteiger partial charge in [-0.05, 0) is 24.7 Å². The van der Waals surface area contributed by atoms with Crippen molar-refractivity contribution in [2.75, 3.05) is 13.2 Å². The summed E-state index contributed by atoms with van der Waals surface area (Å²) in [5.41, 5.74) is 0. The third-order valence-electron chi connectivity index (χ3n) is 5.33. The molecule has 2 aliphatic heterocycles. The van der Waals surface area contributed by atoms with E-state index in [-0.39, 0.29) is 0 Å². The minimum Gasteiger partial charge on any atom is -0.478 e. The Morgan fingerprint density at radius 1 is 0.773 bits per heavy atom. The molecule has 0 saturated heterocycles. The Morgan fingerprint density at radius 3 is 1.50 bits per heavy atom. The fourth-order valence-corrected chi connectivity index (χ4v) is 3.63. The Balaban J connectivity index is 1.75. The van der Waals surface area contributed by atoms with Gasteiger partial charge in [0.15, 0.2) is 11.8 Å². The maximum Gasteiger partial charge on any atom is 0.187 e. The molecule has 4 atom stereocenters. The molecule has 124 valence electrons. The molecular formula is C18H30N2O2. The van der Waals surface area contributed by atoms with Crippen molar-refractivity contribution in [1.29, 1.82) is 0 Å². The van der Waals surface area contributed by atoms with Crippen LogP contribution < -0.4 is 0 Å². The molecule has 0 aromatic heterocycles. The van der Waals surface area contributed by atoms with E-state index in [2.05, 4.69) is 27.7 Å². The van der Waals surface area contributed by atoms with E-state index >= 15 is 0 Å². The maximum absolute atomic E-state index is 5.97. The zero-order chi connectivity index (χ0) is 15.7. The van der Waals surface area contributed by atoms with Crippen LogP contribution in [0.2, 0.25) is 0 Å². The average molecular weight is 306 g/mol. The highest BCUT2D eigenvalue weighted by Gasteiger charge is 2.40. The Bertz CT molecular complexity index is 414. The first-order valence-electron chi connectivity index (χ1n) is 8.97. The second-order valence-corrected chi connectivity index (χ2v) is 7.68. The van der Waals surface area contributed by atoms with Crippen molar-refractivity contribution >= 4 is 11.8 Å². The lowest BCUT2D eigenvalue weighted by atomic mass is 9.78. The highest BCUT2D eigenvalue weighted by molar-refractivity contribution is 5.89. The molecule has 0 radical (unpaired) electrons. The summed E-state index contributed by atoms with van der Waals surface area (Å²) in [4.78, 5) is 9.74. The summed E-state index contributed by atoms with van der Waals surface area (Å²) in [6, 6.07) is 0.653. The molecule has 1 aliphatic carbocycles. The van der Waals surface area contributed by atoms with Crippen molar-refractivity contribution in [1.82, 2.24) is 0 Å². The van der Waals surface area contributed by atoms with E-state index in [1.54, 1.807) is 0 Å². The summed E-state index contributed by atoms with van der Waals surface area (Å²) in [6.45, 7) is 10.4. The first-order chi connectivity index (χ1) is 10.6. The highest BCUT2D eigenvalue weighted by atomic mass is 16.5. The van der Waals surface area contributed by atoms with Crippen molar-refractivity contribution in [3.05, 3.63) is 0 Å². The van der Waals surface area contributed by atoms with Crippen LogP contribution in [0.3, 0.4) is 0 Å². The van der Waals surface area contributed by atoms with Crippen LogP contribution in [0.4, 0.5) is 0 Å². The summed E-state index contributed by atoms with van der Waals surface area (Å²) in [5.74, 6) is 3.80. The molecule has 4 nitrogen and oxygen atoms in total. The zero-order valence-corrected chi connectivity index (χ0v) is 14.4. The van der Waals surface area contributed by atoms with Crippen LogP contribution in [-0.2, 0) is 9.47 Å². The number of ether oxygens (including phenoxy) is 2. The van der Waals surface area contributed by atoms with Crippen molar-refractivity contribution in [2.45, 2.75) is 65.5 Å². The van der Waals surface area contributed by atoms with Gasteiger partial charge in [-0.3, -0.25) is 0 Å². The second-order valence-electron chi connectivity index (χ2n) is 7.68. The fraction of sp³-hybridized carbons (Fsp3) is 0.889. The molecule has 4 heteroatoms. The Kier molecular flexibility index (Phi) is 4.74. The molecule has 2 heterocycles. The largest absolute Gasteiger partial charge is 0.478 e. The smallest absolute Gasteiger partial charge is 0.187 e. The number of aliphatic imine (C=N–C) groups is 2. The quantitative estimate of drug-likeness (QED) is 0.795. The van der Waals surface area contributed by atoms with Gasteiger partial charge in [-0.1, -0.05) is 40.5 Å². The Morgan fingerprint density at radius 2 is 1.18 bits per heavy atom. The topological polar surface area (TPSA) is 43.2 Å². The van der Waals surface area contributed by atoms with Gasteiger partial charge in [0.05, 0.1) is 12.1 Å². The molecule has 0 amide bonds. The first kappa shape index (κ1) is 15.8. The standard InChI is InChI=1S/C18H30N2O2/c1-11(2)15-9-21-17(19-15)13-7-5-6-8-14(13)18-20-16(10-22-18)12(3)4/h11-16H,5-10H2,1-4H3/t13-,14-,15-,16-/m1/s1. The first-order valence-corrected chi connectivity index (χ1v) is 8.97. The van der Waals surface area contributed by atoms with E-state index in [0.29, 0.717) is 35.8 Å². The Labute approximate surface area is 134 Å². The molecule has 1 fully saturated rings. The number of hydrogen-bond donors (Lipinski definition) is 0. The van der Waals surface area contributed by atoms with E-state index in [9.17, 15) is 0 Å². The van der Waals surface area contributed by atoms with Crippen LogP contribution in [-0.4, -0.2) is 37.1 Å². The maximum atomic E-state index is 5.97. The third-order valence-corrected chi connectivity index (χ3v) is 5.33. The molecule has 3 rings (SSSR count). The molecule has 0 aromatic carbocycles. The second kappa shape index (κ2) is 6.59. The van der Waals surface area contributed by atoms with E-state index in [4.69, 9.17) is 19.5 Å². The lowest BCUT2D eigenvalue weighted by Gasteiger charge is -2.30. The fourth-order valence-electron chi connectivity index (χ4n) is 3.63. The average Bonchev–Trinajstić information content (AvgIpc) is 3.17. The van der Waals surface area contributed by atoms with Crippen LogP contribution in [0.5, 0.6) is 0 Å². The van der Waals surface area contributed by atoms with Crippen LogP contribution in [0, 0.1) is 23.7 Å². The van der Waals surface area contributed by atoms with E-state index < -0.39 is 0 Å². The van der Waals surface area contributed by atoms with Gasteiger partial charge in [0.1, 0.15) is 13.2 Å². The minimum absolute atomic E-state index is 0.326. The molecular weight excluding hydrogens is 276 g/mol. The molecule has 3 aliphatic rings. The molecule has 22 heavy (non-hydrogen) atoms. The van der Waals surface area contributed by atoms with Gasteiger partial charge in [-0.2, -0.15) is 0 Å². The van der Waals surface area contributed by atoms with Crippen LogP contribution in [0.15, 0.2) is 9.98 Å². The van der Waals surface area contributed by atoms with Gasteiger partial charge in [0.2, 0.25) is 0 Å². The molecule has 0 N–H and O–H groups in total. The van der Waals surface area contributed by atoms with E-state index in [0.717, 1.165) is 37.9 Å². The van der Waals surface area contributed by atoms with Crippen molar-refractivity contribution in [3.8, 4) is 0 Å². The van der Waals surface area contributed by atoms with Crippen molar-refractivity contribution in [3.63, 3.8) is 0 Å². The molecule has 0 unspecified atom stereocenters. The van der Waals surface area contributed by atoms with Gasteiger partial charge in [-0.25, -0.2) is 9.98 Å². The lowest BCUT2D eigenvalue weighted by Crippen LogP contribution is -2.33. The van der Waals surface area contributed by atoms with Crippen molar-refractivity contribution < 1.29 is 9.47 Å². The third kappa shape index (κ3) is 3.16. The molecule has 0 bridgehead atoms. The zero-order valence-electron chi connectivity index (χ0n) is 14.4. The van der Waals surface area contributed by atoms with E-state index in [1.807, 2.05) is 0 Å². The van der Waals surface area contributed by atoms with Gasteiger partial charge in [-0.15, -0.1) is 0 Å². The predicted molar refractivity (Wildman–Crippen MR) is 89.5 cm³/mol. The number of hydrogen-bond acceptors (Lipinski definition) is 4. The van der Waals surface area contributed by atoms with Crippen LogP contribution in [0.25, 0.3) is 0 Å². The summed E-state index contributed by atoms with van der Waals surface area (Å²) < 4.78 is 11.9. The monoisotopic (exact) mass is 306 g/mol. The molecule has 0 spiro atoms. The normalized spacial score (nSPS) is 35.4.